The molecule has 0 aliphatic heterocycles. The van der Waals surface area contributed by atoms with Gasteiger partial charge in [-0.05, 0) is 44.6 Å². The molecule has 0 aromatic heterocycles. The summed E-state index contributed by atoms with van der Waals surface area (Å²) in [6.45, 7) is 2.00. The lowest BCUT2D eigenvalue weighted by Gasteiger charge is -2.10. The van der Waals surface area contributed by atoms with Gasteiger partial charge in [0.2, 0.25) is 11.8 Å². The molecule has 1 aromatic carbocycles. The van der Waals surface area contributed by atoms with Gasteiger partial charge in [0.15, 0.2) is 0 Å². The fraction of sp³-hybridized carbons (Fsp3) is 0.529. The number of benzene rings is 1. The molecule has 23 heavy (non-hydrogen) atoms. The van der Waals surface area contributed by atoms with Gasteiger partial charge >= 0.3 is 0 Å². The Labute approximate surface area is 142 Å². The molecular formula is C17H24ClN3O2. The molecule has 6 heteroatoms. The lowest BCUT2D eigenvalue weighted by molar-refractivity contribution is -0.127. The van der Waals surface area contributed by atoms with E-state index >= 15 is 0 Å². The Morgan fingerprint density at radius 2 is 1.65 bits per heavy atom. The van der Waals surface area contributed by atoms with Crippen LogP contribution in [0.1, 0.15) is 12.0 Å². The molecule has 1 saturated carbocycles. The normalized spacial score (nSPS) is 19.5. The highest BCUT2D eigenvalue weighted by Gasteiger charge is 2.47. The molecule has 5 nitrogen and oxygen atoms in total. The number of hydrogen-bond donors (Lipinski definition) is 2. The molecule has 0 saturated heterocycles. The minimum absolute atomic E-state index is 0.00954. The number of halogens is 1. The van der Waals surface area contributed by atoms with Gasteiger partial charge < -0.3 is 15.5 Å². The van der Waals surface area contributed by atoms with Crippen molar-refractivity contribution in [3.63, 3.8) is 0 Å². The van der Waals surface area contributed by atoms with Gasteiger partial charge in [-0.1, -0.05) is 23.7 Å². The minimum atomic E-state index is -0.167. The van der Waals surface area contributed by atoms with Crippen molar-refractivity contribution < 1.29 is 9.59 Å². The summed E-state index contributed by atoms with van der Waals surface area (Å²) in [5.74, 6) is -0.358. The van der Waals surface area contributed by atoms with Crippen LogP contribution in [-0.4, -0.2) is 50.4 Å². The highest BCUT2D eigenvalue weighted by atomic mass is 35.5. The van der Waals surface area contributed by atoms with Crippen LogP contribution in [0.5, 0.6) is 0 Å². The molecule has 126 valence electrons. The van der Waals surface area contributed by atoms with Crippen molar-refractivity contribution in [3.8, 4) is 0 Å². The van der Waals surface area contributed by atoms with Crippen molar-refractivity contribution in [3.05, 3.63) is 34.9 Å². The topological polar surface area (TPSA) is 61.4 Å². The number of carbonyl (C=O) groups is 2. The molecule has 1 aliphatic rings. The van der Waals surface area contributed by atoms with Crippen LogP contribution in [0.25, 0.3) is 0 Å². The first-order chi connectivity index (χ1) is 11.0. The van der Waals surface area contributed by atoms with Crippen molar-refractivity contribution in [1.29, 1.82) is 0 Å². The van der Waals surface area contributed by atoms with Crippen LogP contribution in [0, 0.1) is 11.8 Å². The summed E-state index contributed by atoms with van der Waals surface area (Å²) in [6, 6.07) is 7.58. The second kappa shape index (κ2) is 8.31. The maximum absolute atomic E-state index is 12.0. The molecular weight excluding hydrogens is 314 g/mol. The second-order valence-electron chi connectivity index (χ2n) is 6.21. The third-order valence-corrected chi connectivity index (χ3v) is 4.20. The predicted octanol–water partition coefficient (Wildman–Crippen LogP) is 1.31. The number of amides is 2. The largest absolute Gasteiger partial charge is 0.356 e. The van der Waals surface area contributed by atoms with E-state index in [1.165, 1.54) is 0 Å². The first-order valence-corrected chi connectivity index (χ1v) is 8.30. The van der Waals surface area contributed by atoms with Gasteiger partial charge in [0.05, 0.1) is 11.8 Å². The zero-order chi connectivity index (χ0) is 16.8. The average molecular weight is 338 g/mol. The van der Waals surface area contributed by atoms with E-state index in [2.05, 4.69) is 10.6 Å². The predicted molar refractivity (Wildman–Crippen MR) is 91.3 cm³/mol. The minimum Gasteiger partial charge on any atom is -0.356 e. The molecule has 0 radical (unpaired) electrons. The quantitative estimate of drug-likeness (QED) is 0.752. The molecule has 0 spiro atoms. The van der Waals surface area contributed by atoms with Crippen molar-refractivity contribution >= 4 is 23.4 Å². The van der Waals surface area contributed by atoms with Gasteiger partial charge in [0.25, 0.3) is 0 Å². The summed E-state index contributed by atoms with van der Waals surface area (Å²) in [5.41, 5.74) is 1.13. The van der Waals surface area contributed by atoms with E-state index in [1.807, 2.05) is 43.3 Å². The standard InChI is InChI=1S/C17H24ClN3O2/c1-21(2)10-9-20-17(23)15-11-14(15)16(22)19-8-7-12-3-5-13(18)6-4-12/h3-6,14-15H,7-11H2,1-2H3,(H,19,22)(H,20,23). The Hall–Kier alpha value is -1.59. The lowest BCUT2D eigenvalue weighted by Crippen LogP contribution is -2.34. The third-order valence-electron chi connectivity index (χ3n) is 3.95. The van der Waals surface area contributed by atoms with Crippen LogP contribution < -0.4 is 10.6 Å². The molecule has 1 aromatic rings. The first-order valence-electron chi connectivity index (χ1n) is 7.92. The molecule has 2 N–H and O–H groups in total. The number of carbonyl (C=O) groups excluding carboxylic acids is 2. The molecule has 0 bridgehead atoms. The number of hydrogen-bond acceptors (Lipinski definition) is 3. The van der Waals surface area contributed by atoms with Crippen LogP contribution in [0.3, 0.4) is 0 Å². The lowest BCUT2D eigenvalue weighted by atomic mass is 10.1. The first kappa shape index (κ1) is 17.8. The molecule has 2 atom stereocenters. The Balaban J connectivity index is 1.63. The van der Waals surface area contributed by atoms with E-state index in [0.29, 0.717) is 24.5 Å². The smallest absolute Gasteiger partial charge is 0.223 e. The van der Waals surface area contributed by atoms with Gasteiger partial charge in [0, 0.05) is 24.7 Å². The fourth-order valence-electron chi connectivity index (χ4n) is 2.42. The van der Waals surface area contributed by atoms with Crippen LogP contribution in [0.2, 0.25) is 5.02 Å². The molecule has 0 heterocycles. The Kier molecular flexibility index (Phi) is 6.42. The monoisotopic (exact) mass is 337 g/mol. The summed E-state index contributed by atoms with van der Waals surface area (Å²) in [4.78, 5) is 25.9. The highest BCUT2D eigenvalue weighted by molar-refractivity contribution is 6.30. The van der Waals surface area contributed by atoms with Crippen molar-refractivity contribution in [1.82, 2.24) is 15.5 Å². The number of rotatable bonds is 8. The van der Waals surface area contributed by atoms with E-state index in [9.17, 15) is 9.59 Å². The summed E-state index contributed by atoms with van der Waals surface area (Å²) in [6.07, 6.45) is 1.41. The van der Waals surface area contributed by atoms with Gasteiger partial charge in [0.1, 0.15) is 0 Å². The Morgan fingerprint density at radius 1 is 1.09 bits per heavy atom. The van der Waals surface area contributed by atoms with Crippen molar-refractivity contribution in [2.45, 2.75) is 12.8 Å². The fourth-order valence-corrected chi connectivity index (χ4v) is 2.55. The second-order valence-corrected chi connectivity index (χ2v) is 6.65. The van der Waals surface area contributed by atoms with Crippen LogP contribution >= 0.6 is 11.6 Å². The van der Waals surface area contributed by atoms with Crippen LogP contribution in [0.15, 0.2) is 24.3 Å². The average Bonchev–Trinajstić information content (AvgIpc) is 3.29. The van der Waals surface area contributed by atoms with Crippen LogP contribution in [0.4, 0.5) is 0 Å². The van der Waals surface area contributed by atoms with Gasteiger partial charge in [-0.2, -0.15) is 0 Å². The molecule has 2 unspecified atom stereocenters. The van der Waals surface area contributed by atoms with E-state index in [-0.39, 0.29) is 23.7 Å². The molecule has 1 aliphatic carbocycles. The Bertz CT molecular complexity index is 545. The number of nitrogens with zero attached hydrogens (tertiary/aromatic N) is 1. The van der Waals surface area contributed by atoms with E-state index in [0.717, 1.165) is 18.5 Å². The number of likely N-dealkylation sites (N-methyl/N-ethyl adjacent to an activating group) is 1. The maximum Gasteiger partial charge on any atom is 0.223 e. The molecule has 2 rings (SSSR count). The molecule has 2 amide bonds. The van der Waals surface area contributed by atoms with Gasteiger partial charge in [-0.25, -0.2) is 0 Å². The molecule has 1 fully saturated rings. The SMILES string of the molecule is CN(C)CCNC(=O)C1CC1C(=O)NCCc1ccc(Cl)cc1. The van der Waals surface area contributed by atoms with Crippen molar-refractivity contribution in [2.75, 3.05) is 33.7 Å². The number of nitrogens with one attached hydrogen (secondary N) is 2. The summed E-state index contributed by atoms with van der Waals surface area (Å²) in [7, 11) is 3.92. The van der Waals surface area contributed by atoms with E-state index in [1.54, 1.807) is 0 Å². The summed E-state index contributed by atoms with van der Waals surface area (Å²) < 4.78 is 0. The zero-order valence-electron chi connectivity index (χ0n) is 13.6. The van der Waals surface area contributed by atoms with Crippen molar-refractivity contribution in [2.24, 2.45) is 11.8 Å². The maximum atomic E-state index is 12.0. The highest BCUT2D eigenvalue weighted by Crippen LogP contribution is 2.38. The summed E-state index contributed by atoms with van der Waals surface area (Å²) in [5, 5.41) is 6.49. The zero-order valence-corrected chi connectivity index (χ0v) is 14.4. The Morgan fingerprint density at radius 3 is 2.22 bits per heavy atom. The van der Waals surface area contributed by atoms with Gasteiger partial charge in [-0.3, -0.25) is 9.59 Å². The van der Waals surface area contributed by atoms with Gasteiger partial charge in [-0.15, -0.1) is 0 Å². The van der Waals surface area contributed by atoms with Crippen LogP contribution in [-0.2, 0) is 16.0 Å². The van der Waals surface area contributed by atoms with E-state index < -0.39 is 0 Å². The third kappa shape index (κ3) is 5.84. The summed E-state index contributed by atoms with van der Waals surface area (Å²) >= 11 is 5.83. The van der Waals surface area contributed by atoms with E-state index in [4.69, 9.17) is 11.6 Å².